The Morgan fingerprint density at radius 2 is 1.94 bits per heavy atom. The number of nitrogens with one attached hydrogen (secondary N) is 1. The third-order valence-electron chi connectivity index (χ3n) is 2.96. The first-order valence-electron chi connectivity index (χ1n) is 6.65. The van der Waals surface area contributed by atoms with E-state index in [4.69, 9.17) is 0 Å². The minimum atomic E-state index is 0.744. The Balaban J connectivity index is 2.34. The van der Waals surface area contributed by atoms with Crippen molar-refractivity contribution in [3.63, 3.8) is 0 Å². The summed E-state index contributed by atoms with van der Waals surface area (Å²) in [7, 11) is 0. The molecule has 0 heterocycles. The number of hydrogen-bond donors (Lipinski definition) is 1. The Bertz CT molecular complexity index is 320. The van der Waals surface area contributed by atoms with Crippen LogP contribution in [0.2, 0.25) is 0 Å². The second-order valence-electron chi connectivity index (χ2n) is 5.03. The Labute approximate surface area is 106 Å². The molecular formula is C15H26N2. The zero-order valence-electron chi connectivity index (χ0n) is 11.7. The van der Waals surface area contributed by atoms with Gasteiger partial charge in [-0.25, -0.2) is 0 Å². The quantitative estimate of drug-likeness (QED) is 0.778. The normalized spacial score (nSPS) is 11.2. The molecule has 17 heavy (non-hydrogen) atoms. The van der Waals surface area contributed by atoms with Crippen LogP contribution in [-0.4, -0.2) is 31.1 Å². The van der Waals surface area contributed by atoms with Gasteiger partial charge in [0, 0.05) is 25.3 Å². The van der Waals surface area contributed by atoms with Crippen LogP contribution in [0.25, 0.3) is 0 Å². The Morgan fingerprint density at radius 1 is 1.24 bits per heavy atom. The highest BCUT2D eigenvalue weighted by Crippen LogP contribution is 2.12. The van der Waals surface area contributed by atoms with Gasteiger partial charge in [0.25, 0.3) is 0 Å². The molecule has 0 atom stereocenters. The van der Waals surface area contributed by atoms with Crippen LogP contribution in [0.3, 0.4) is 0 Å². The lowest BCUT2D eigenvalue weighted by molar-refractivity contribution is 0.265. The molecule has 0 aliphatic carbocycles. The van der Waals surface area contributed by atoms with Crippen molar-refractivity contribution in [3.8, 4) is 0 Å². The molecule has 0 aliphatic rings. The lowest BCUT2D eigenvalue weighted by Crippen LogP contribution is -2.32. The predicted molar refractivity (Wildman–Crippen MR) is 76.6 cm³/mol. The molecule has 0 aliphatic heterocycles. The van der Waals surface area contributed by atoms with Crippen LogP contribution in [-0.2, 0) is 0 Å². The second-order valence-corrected chi connectivity index (χ2v) is 5.03. The van der Waals surface area contributed by atoms with Crippen LogP contribution in [0, 0.1) is 12.8 Å². The summed E-state index contributed by atoms with van der Waals surface area (Å²) in [5.41, 5.74) is 2.58. The fraction of sp³-hybridized carbons (Fsp3) is 0.600. The average molecular weight is 234 g/mol. The molecule has 0 radical (unpaired) electrons. The van der Waals surface area contributed by atoms with Crippen LogP contribution < -0.4 is 5.32 Å². The van der Waals surface area contributed by atoms with Gasteiger partial charge in [-0.05, 0) is 31.0 Å². The van der Waals surface area contributed by atoms with Gasteiger partial charge in [-0.15, -0.1) is 0 Å². The van der Waals surface area contributed by atoms with E-state index in [-0.39, 0.29) is 0 Å². The van der Waals surface area contributed by atoms with Crippen molar-refractivity contribution in [1.82, 2.24) is 4.90 Å². The van der Waals surface area contributed by atoms with E-state index in [1.807, 2.05) is 0 Å². The van der Waals surface area contributed by atoms with Gasteiger partial charge in [0.05, 0.1) is 0 Å². The predicted octanol–water partition coefficient (Wildman–Crippen LogP) is 3.38. The maximum Gasteiger partial charge on any atom is 0.0370 e. The fourth-order valence-corrected chi connectivity index (χ4v) is 2.01. The summed E-state index contributed by atoms with van der Waals surface area (Å²) in [6.45, 7) is 13.4. The van der Waals surface area contributed by atoms with E-state index in [0.717, 1.165) is 25.6 Å². The molecule has 0 saturated heterocycles. The number of anilines is 1. The summed E-state index contributed by atoms with van der Waals surface area (Å²) in [6, 6.07) is 8.46. The van der Waals surface area contributed by atoms with Gasteiger partial charge < -0.3 is 10.2 Å². The standard InChI is InChI=1S/C15H26N2/c1-5-17(12-13(2)3)11-10-16-15-9-7-6-8-14(15)4/h6-9,13,16H,5,10-12H2,1-4H3. The van der Waals surface area contributed by atoms with E-state index in [1.165, 1.54) is 17.8 Å². The summed E-state index contributed by atoms with van der Waals surface area (Å²) in [5.74, 6) is 0.744. The monoisotopic (exact) mass is 234 g/mol. The summed E-state index contributed by atoms with van der Waals surface area (Å²) in [5, 5.41) is 3.51. The van der Waals surface area contributed by atoms with Crippen LogP contribution in [0.1, 0.15) is 26.3 Å². The number of nitrogens with zero attached hydrogens (tertiary/aromatic N) is 1. The van der Waals surface area contributed by atoms with E-state index in [2.05, 4.69) is 62.2 Å². The van der Waals surface area contributed by atoms with Crippen molar-refractivity contribution in [2.45, 2.75) is 27.7 Å². The van der Waals surface area contributed by atoms with Gasteiger partial charge in [-0.2, -0.15) is 0 Å². The molecule has 0 saturated carbocycles. The smallest absolute Gasteiger partial charge is 0.0370 e. The minimum Gasteiger partial charge on any atom is -0.384 e. The van der Waals surface area contributed by atoms with E-state index >= 15 is 0 Å². The number of rotatable bonds is 7. The molecule has 0 bridgehead atoms. The zero-order valence-corrected chi connectivity index (χ0v) is 11.7. The summed E-state index contributed by atoms with van der Waals surface area (Å²) in [6.07, 6.45) is 0. The van der Waals surface area contributed by atoms with Gasteiger partial charge in [0.2, 0.25) is 0 Å². The van der Waals surface area contributed by atoms with Crippen LogP contribution in [0.4, 0.5) is 5.69 Å². The van der Waals surface area contributed by atoms with Gasteiger partial charge in [0.15, 0.2) is 0 Å². The number of aryl methyl sites for hydroxylation is 1. The first kappa shape index (κ1) is 14.0. The third kappa shape index (κ3) is 5.22. The summed E-state index contributed by atoms with van der Waals surface area (Å²) >= 11 is 0. The fourth-order valence-electron chi connectivity index (χ4n) is 2.01. The van der Waals surface area contributed by atoms with Gasteiger partial charge >= 0.3 is 0 Å². The number of benzene rings is 1. The zero-order chi connectivity index (χ0) is 12.7. The van der Waals surface area contributed by atoms with E-state index in [1.54, 1.807) is 0 Å². The molecule has 1 aromatic carbocycles. The third-order valence-corrected chi connectivity index (χ3v) is 2.96. The molecule has 96 valence electrons. The highest BCUT2D eigenvalue weighted by molar-refractivity contribution is 5.50. The molecule has 1 rings (SSSR count). The van der Waals surface area contributed by atoms with Gasteiger partial charge in [0.1, 0.15) is 0 Å². The molecule has 2 nitrogen and oxygen atoms in total. The summed E-state index contributed by atoms with van der Waals surface area (Å²) < 4.78 is 0. The second kappa shape index (κ2) is 7.33. The highest BCUT2D eigenvalue weighted by Gasteiger charge is 2.04. The molecular weight excluding hydrogens is 208 g/mol. The maximum atomic E-state index is 3.51. The largest absolute Gasteiger partial charge is 0.384 e. The van der Waals surface area contributed by atoms with E-state index < -0.39 is 0 Å². The SMILES string of the molecule is CCN(CCNc1ccccc1C)CC(C)C. The van der Waals surface area contributed by atoms with Crippen LogP contribution >= 0.6 is 0 Å². The Kier molecular flexibility index (Phi) is 6.06. The topological polar surface area (TPSA) is 15.3 Å². The molecule has 1 aromatic rings. The first-order chi connectivity index (χ1) is 8.13. The van der Waals surface area contributed by atoms with Crippen molar-refractivity contribution in [2.24, 2.45) is 5.92 Å². The average Bonchev–Trinajstić information content (AvgIpc) is 2.29. The van der Waals surface area contributed by atoms with Gasteiger partial charge in [-0.1, -0.05) is 39.0 Å². The lowest BCUT2D eigenvalue weighted by Gasteiger charge is -2.23. The van der Waals surface area contributed by atoms with Crippen molar-refractivity contribution < 1.29 is 0 Å². The molecule has 0 amide bonds. The van der Waals surface area contributed by atoms with Crippen molar-refractivity contribution in [3.05, 3.63) is 29.8 Å². The van der Waals surface area contributed by atoms with Crippen LogP contribution in [0.5, 0.6) is 0 Å². The molecule has 2 heteroatoms. The van der Waals surface area contributed by atoms with Gasteiger partial charge in [-0.3, -0.25) is 0 Å². The number of para-hydroxylation sites is 1. The molecule has 0 fully saturated rings. The number of likely N-dealkylation sites (N-methyl/N-ethyl adjacent to an activating group) is 1. The molecule has 1 N–H and O–H groups in total. The molecule has 0 unspecified atom stereocenters. The first-order valence-corrected chi connectivity index (χ1v) is 6.65. The maximum absolute atomic E-state index is 3.51. The molecule has 0 aromatic heterocycles. The van der Waals surface area contributed by atoms with Crippen molar-refractivity contribution >= 4 is 5.69 Å². The Hall–Kier alpha value is -1.02. The van der Waals surface area contributed by atoms with Crippen molar-refractivity contribution in [1.29, 1.82) is 0 Å². The number of hydrogen-bond acceptors (Lipinski definition) is 2. The lowest BCUT2D eigenvalue weighted by atomic mass is 10.2. The van der Waals surface area contributed by atoms with Crippen LogP contribution in [0.15, 0.2) is 24.3 Å². The Morgan fingerprint density at radius 3 is 2.53 bits per heavy atom. The minimum absolute atomic E-state index is 0.744. The van der Waals surface area contributed by atoms with E-state index in [9.17, 15) is 0 Å². The van der Waals surface area contributed by atoms with Crippen molar-refractivity contribution in [2.75, 3.05) is 31.5 Å². The molecule has 0 spiro atoms. The highest BCUT2D eigenvalue weighted by atomic mass is 15.1. The summed E-state index contributed by atoms with van der Waals surface area (Å²) in [4.78, 5) is 2.50. The van der Waals surface area contributed by atoms with E-state index in [0.29, 0.717) is 0 Å².